The summed E-state index contributed by atoms with van der Waals surface area (Å²) >= 11 is 0. The maximum Gasteiger partial charge on any atom is 0.242 e. The highest BCUT2D eigenvalue weighted by atomic mass is 16.2. The summed E-state index contributed by atoms with van der Waals surface area (Å²) in [5.41, 5.74) is 5.35. The molecule has 5 amide bonds. The van der Waals surface area contributed by atoms with Gasteiger partial charge in [-0.3, -0.25) is 28.8 Å². The van der Waals surface area contributed by atoms with E-state index in [0.29, 0.717) is 19.4 Å². The van der Waals surface area contributed by atoms with Crippen LogP contribution in [0.2, 0.25) is 0 Å². The minimum Gasteiger partial charge on any atom is -0.368 e. The molecule has 12 heteroatoms. The maximum absolute atomic E-state index is 12.4. The van der Waals surface area contributed by atoms with Gasteiger partial charge < -0.3 is 32.3 Å². The topological polar surface area (TPSA) is 189 Å². The van der Waals surface area contributed by atoms with Crippen molar-refractivity contribution in [3.05, 3.63) is 0 Å². The van der Waals surface area contributed by atoms with Gasteiger partial charge in [-0.15, -0.1) is 0 Å². The van der Waals surface area contributed by atoms with Crippen molar-refractivity contribution in [2.24, 2.45) is 5.73 Å². The van der Waals surface area contributed by atoms with Crippen LogP contribution in [0.4, 0.5) is 0 Å². The highest BCUT2D eigenvalue weighted by Crippen LogP contribution is 2.05. The van der Waals surface area contributed by atoms with Crippen molar-refractivity contribution in [1.82, 2.24) is 26.6 Å². The molecule has 12 nitrogen and oxygen atoms in total. The lowest BCUT2D eigenvalue weighted by atomic mass is 10.0. The van der Waals surface area contributed by atoms with Gasteiger partial charge in [0.05, 0.1) is 12.6 Å². The molecule has 0 radical (unpaired) electrons. The number of nitrogens with one attached hydrogen (secondary N) is 5. The lowest BCUT2D eigenvalue weighted by Gasteiger charge is -2.20. The molecule has 0 rings (SSSR count). The van der Waals surface area contributed by atoms with Gasteiger partial charge in [0.1, 0.15) is 12.1 Å². The van der Waals surface area contributed by atoms with E-state index in [1.807, 2.05) is 13.8 Å². The molecule has 3 atom stereocenters. The van der Waals surface area contributed by atoms with E-state index in [9.17, 15) is 28.8 Å². The number of primary amides is 1. The smallest absolute Gasteiger partial charge is 0.242 e. The summed E-state index contributed by atoms with van der Waals surface area (Å²) in [6.07, 6.45) is 2.54. The van der Waals surface area contributed by atoms with Crippen LogP contribution in [0.15, 0.2) is 0 Å². The van der Waals surface area contributed by atoms with E-state index < -0.39 is 29.9 Å². The monoisotopic (exact) mass is 498 g/mol. The Balaban J connectivity index is 4.56. The Bertz CT molecular complexity index is 729. The Morgan fingerprint density at radius 2 is 1.49 bits per heavy atom. The standard InChI is InChI=1S/C23H42N6O6/c1-5-8-19(31)17(29-23(35)15(3)27-16(4)30)10-11-20(32)26-13-7-9-18(22(24)34)28-21(33)14-25-12-6-2/h15,17-18,25H,5-14H2,1-4H3,(H2,24,34)(H,26,32)(H,27,30)(H,28,33)(H,29,35)/t15-,17+,18+/m1/s1. The van der Waals surface area contributed by atoms with Gasteiger partial charge in [-0.2, -0.15) is 0 Å². The lowest BCUT2D eigenvalue weighted by Crippen LogP contribution is -2.50. The van der Waals surface area contributed by atoms with Crippen LogP contribution in [-0.4, -0.2) is 73.1 Å². The Labute approximate surface area is 207 Å². The van der Waals surface area contributed by atoms with Crippen LogP contribution in [0.1, 0.15) is 72.6 Å². The zero-order valence-corrected chi connectivity index (χ0v) is 21.3. The van der Waals surface area contributed by atoms with Crippen molar-refractivity contribution in [1.29, 1.82) is 0 Å². The minimum absolute atomic E-state index is 0.00794. The molecule has 0 unspecified atom stereocenters. The third-order valence-corrected chi connectivity index (χ3v) is 5.06. The molecule has 35 heavy (non-hydrogen) atoms. The zero-order chi connectivity index (χ0) is 26.8. The van der Waals surface area contributed by atoms with Crippen LogP contribution in [-0.2, 0) is 28.8 Å². The average Bonchev–Trinajstić information content (AvgIpc) is 2.78. The molecule has 0 aliphatic carbocycles. The Morgan fingerprint density at radius 3 is 2.06 bits per heavy atom. The van der Waals surface area contributed by atoms with Gasteiger partial charge in [0.15, 0.2) is 5.78 Å². The number of carbonyl (C=O) groups is 6. The number of ketones is 1. The van der Waals surface area contributed by atoms with Crippen molar-refractivity contribution < 1.29 is 28.8 Å². The lowest BCUT2D eigenvalue weighted by molar-refractivity contribution is -0.131. The SMILES string of the molecule is CCCNCC(=O)N[C@@H](CCCNC(=O)CC[C@H](NC(=O)[C@@H](C)NC(C)=O)C(=O)CCC)C(N)=O. The van der Waals surface area contributed by atoms with Crippen molar-refractivity contribution in [3.8, 4) is 0 Å². The van der Waals surface area contributed by atoms with Crippen LogP contribution in [0.3, 0.4) is 0 Å². The van der Waals surface area contributed by atoms with Gasteiger partial charge in [0.25, 0.3) is 0 Å². The molecule has 0 saturated heterocycles. The fourth-order valence-electron chi connectivity index (χ4n) is 3.21. The summed E-state index contributed by atoms with van der Waals surface area (Å²) in [6, 6.07) is -2.47. The first kappa shape index (κ1) is 32.0. The molecule has 0 fully saturated rings. The summed E-state index contributed by atoms with van der Waals surface area (Å²) in [7, 11) is 0. The van der Waals surface area contributed by atoms with Crippen molar-refractivity contribution in [3.63, 3.8) is 0 Å². The van der Waals surface area contributed by atoms with E-state index in [1.54, 1.807) is 0 Å². The van der Waals surface area contributed by atoms with Crippen LogP contribution in [0, 0.1) is 0 Å². The molecule has 0 aromatic rings. The zero-order valence-electron chi connectivity index (χ0n) is 21.3. The second-order valence-electron chi connectivity index (χ2n) is 8.43. The fourth-order valence-corrected chi connectivity index (χ4v) is 3.21. The minimum atomic E-state index is -0.834. The first-order valence-corrected chi connectivity index (χ1v) is 12.2. The van der Waals surface area contributed by atoms with Crippen LogP contribution in [0.5, 0.6) is 0 Å². The summed E-state index contributed by atoms with van der Waals surface area (Å²) in [4.78, 5) is 71.5. The predicted molar refractivity (Wildman–Crippen MR) is 131 cm³/mol. The second-order valence-corrected chi connectivity index (χ2v) is 8.43. The highest BCUT2D eigenvalue weighted by Gasteiger charge is 2.24. The number of amides is 5. The molecule has 0 aliphatic heterocycles. The second kappa shape index (κ2) is 18.3. The van der Waals surface area contributed by atoms with Gasteiger partial charge >= 0.3 is 0 Å². The van der Waals surface area contributed by atoms with Gasteiger partial charge in [-0.1, -0.05) is 13.8 Å². The number of hydrogen-bond donors (Lipinski definition) is 6. The third-order valence-electron chi connectivity index (χ3n) is 5.06. The number of carbonyl (C=O) groups excluding carboxylic acids is 6. The molecule has 200 valence electrons. The number of nitrogens with two attached hydrogens (primary N) is 1. The third kappa shape index (κ3) is 15.5. The molecule has 0 aliphatic rings. The average molecular weight is 499 g/mol. The van der Waals surface area contributed by atoms with Crippen LogP contribution >= 0.6 is 0 Å². The molecule has 0 bridgehead atoms. The highest BCUT2D eigenvalue weighted by molar-refractivity contribution is 5.92. The molecular weight excluding hydrogens is 456 g/mol. The molecular formula is C23H42N6O6. The molecule has 0 aromatic heterocycles. The summed E-state index contributed by atoms with van der Waals surface area (Å²) in [6.45, 7) is 7.64. The first-order valence-electron chi connectivity index (χ1n) is 12.2. The Morgan fingerprint density at radius 1 is 0.800 bits per heavy atom. The quantitative estimate of drug-likeness (QED) is 0.123. The summed E-state index contributed by atoms with van der Waals surface area (Å²) in [5.74, 6) is -2.34. The van der Waals surface area contributed by atoms with Gasteiger partial charge in [0, 0.05) is 26.3 Å². The van der Waals surface area contributed by atoms with Crippen molar-refractivity contribution in [2.75, 3.05) is 19.6 Å². The molecule has 0 spiro atoms. The number of Topliss-reactive ketones (excluding diaryl/α,β-unsaturated/α-hetero) is 1. The number of rotatable bonds is 19. The largest absolute Gasteiger partial charge is 0.368 e. The summed E-state index contributed by atoms with van der Waals surface area (Å²) in [5, 5.41) is 13.3. The summed E-state index contributed by atoms with van der Waals surface area (Å²) < 4.78 is 0. The van der Waals surface area contributed by atoms with E-state index in [2.05, 4.69) is 26.6 Å². The van der Waals surface area contributed by atoms with Gasteiger partial charge in [-0.05, 0) is 45.6 Å². The Hall–Kier alpha value is -3.02. The van der Waals surface area contributed by atoms with Gasteiger partial charge in [0.2, 0.25) is 29.5 Å². The van der Waals surface area contributed by atoms with E-state index >= 15 is 0 Å². The normalized spacial score (nSPS) is 13.1. The van der Waals surface area contributed by atoms with E-state index in [-0.39, 0.29) is 62.3 Å². The van der Waals surface area contributed by atoms with E-state index in [1.165, 1.54) is 13.8 Å². The predicted octanol–water partition coefficient (Wildman–Crippen LogP) is -0.989. The maximum atomic E-state index is 12.4. The number of hydrogen-bond acceptors (Lipinski definition) is 7. The van der Waals surface area contributed by atoms with Crippen molar-refractivity contribution >= 4 is 35.3 Å². The molecule has 0 saturated carbocycles. The van der Waals surface area contributed by atoms with E-state index in [4.69, 9.17) is 5.73 Å². The molecule has 7 N–H and O–H groups in total. The van der Waals surface area contributed by atoms with E-state index in [0.717, 1.165) is 6.42 Å². The fraction of sp³-hybridized carbons (Fsp3) is 0.739. The van der Waals surface area contributed by atoms with Gasteiger partial charge in [-0.25, -0.2) is 0 Å². The molecule has 0 aromatic carbocycles. The van der Waals surface area contributed by atoms with Crippen LogP contribution < -0.4 is 32.3 Å². The van der Waals surface area contributed by atoms with Crippen molar-refractivity contribution in [2.45, 2.75) is 90.8 Å². The van der Waals surface area contributed by atoms with Crippen LogP contribution in [0.25, 0.3) is 0 Å². The molecule has 0 heterocycles. The first-order chi connectivity index (χ1) is 16.5. The Kier molecular flexibility index (Phi) is 16.7.